The van der Waals surface area contributed by atoms with Crippen LogP contribution in [-0.2, 0) is 14.3 Å². The largest absolute Gasteiger partial charge is 0.368 e. The molecule has 2 aliphatic rings. The van der Waals surface area contributed by atoms with Gasteiger partial charge in [-0.15, -0.1) is 0 Å². The van der Waals surface area contributed by atoms with Crippen molar-refractivity contribution < 1.29 is 14.3 Å². The highest BCUT2D eigenvalue weighted by Crippen LogP contribution is 2.21. The highest BCUT2D eigenvalue weighted by atomic mass is 16.5. The average Bonchev–Trinajstić information content (AvgIpc) is 3.24. The number of hydrogen-bond donors (Lipinski definition) is 4. The van der Waals surface area contributed by atoms with Gasteiger partial charge in [0.05, 0.1) is 0 Å². The van der Waals surface area contributed by atoms with Crippen molar-refractivity contribution >= 4 is 11.8 Å². The number of rotatable bonds is 3. The fourth-order valence-electron chi connectivity index (χ4n) is 2.71. The van der Waals surface area contributed by atoms with Gasteiger partial charge in [-0.25, -0.2) is 10.9 Å². The van der Waals surface area contributed by atoms with Crippen LogP contribution in [0.15, 0.2) is 30.3 Å². The Morgan fingerprint density at radius 2 is 1.86 bits per heavy atom. The second-order valence-corrected chi connectivity index (χ2v) is 5.52. The molecule has 118 valence electrons. The molecule has 3 atom stereocenters. The topological polar surface area (TPSA) is 91.5 Å². The molecule has 1 aromatic carbocycles. The molecule has 0 aromatic heterocycles. The van der Waals surface area contributed by atoms with E-state index in [-0.39, 0.29) is 17.9 Å². The zero-order valence-corrected chi connectivity index (χ0v) is 12.2. The smallest absolute Gasteiger partial charge is 0.267 e. The van der Waals surface area contributed by atoms with Crippen LogP contribution in [0.4, 0.5) is 0 Å². The molecule has 0 aliphatic carbocycles. The number of hydrazine groups is 2. The Labute approximate surface area is 128 Å². The quantitative estimate of drug-likeness (QED) is 0.586. The van der Waals surface area contributed by atoms with Crippen LogP contribution in [0.1, 0.15) is 30.9 Å². The molecule has 4 N–H and O–H groups in total. The molecule has 22 heavy (non-hydrogen) atoms. The summed E-state index contributed by atoms with van der Waals surface area (Å²) in [7, 11) is 0. The molecule has 0 bridgehead atoms. The normalized spacial score (nSPS) is 27.5. The summed E-state index contributed by atoms with van der Waals surface area (Å²) < 4.78 is 5.26. The minimum Gasteiger partial charge on any atom is -0.368 e. The van der Waals surface area contributed by atoms with E-state index in [0.29, 0.717) is 19.4 Å². The molecule has 2 saturated heterocycles. The molecule has 2 fully saturated rings. The van der Waals surface area contributed by atoms with E-state index in [0.717, 1.165) is 12.0 Å². The molecule has 0 spiro atoms. The van der Waals surface area contributed by atoms with E-state index in [1.807, 2.05) is 30.3 Å². The lowest BCUT2D eigenvalue weighted by molar-refractivity contribution is -0.135. The van der Waals surface area contributed by atoms with E-state index in [2.05, 4.69) is 21.7 Å². The van der Waals surface area contributed by atoms with Crippen LogP contribution in [0.25, 0.3) is 0 Å². The third kappa shape index (κ3) is 3.44. The van der Waals surface area contributed by atoms with Gasteiger partial charge in [-0.1, -0.05) is 30.3 Å². The minimum atomic E-state index is -0.452. The second-order valence-electron chi connectivity index (χ2n) is 5.52. The Bertz CT molecular complexity index is 531. The summed E-state index contributed by atoms with van der Waals surface area (Å²) in [5.41, 5.74) is 12.0. The maximum atomic E-state index is 12.1. The van der Waals surface area contributed by atoms with Crippen LogP contribution in [-0.4, -0.2) is 30.6 Å². The first-order chi connectivity index (χ1) is 10.7. The summed E-state index contributed by atoms with van der Waals surface area (Å²) in [6.45, 7) is 0.596. The first-order valence-corrected chi connectivity index (χ1v) is 7.51. The highest BCUT2D eigenvalue weighted by molar-refractivity contribution is 5.87. The van der Waals surface area contributed by atoms with E-state index >= 15 is 0 Å². The van der Waals surface area contributed by atoms with Gasteiger partial charge in [-0.05, 0) is 24.8 Å². The molecular formula is C15H20N4O3. The molecule has 1 aromatic rings. The lowest BCUT2D eigenvalue weighted by Crippen LogP contribution is -2.52. The maximum absolute atomic E-state index is 12.1. The van der Waals surface area contributed by atoms with Gasteiger partial charge in [-0.2, -0.15) is 0 Å². The van der Waals surface area contributed by atoms with Gasteiger partial charge < -0.3 is 4.74 Å². The Balaban J connectivity index is 1.46. The summed E-state index contributed by atoms with van der Waals surface area (Å²) in [6, 6.07) is 9.59. The molecule has 7 nitrogen and oxygen atoms in total. The van der Waals surface area contributed by atoms with Crippen molar-refractivity contribution in [3.63, 3.8) is 0 Å². The third-order valence-electron chi connectivity index (χ3n) is 3.95. The van der Waals surface area contributed by atoms with Gasteiger partial charge in [0.25, 0.3) is 11.8 Å². The van der Waals surface area contributed by atoms with E-state index in [1.54, 1.807) is 0 Å². The average molecular weight is 304 g/mol. The number of benzene rings is 1. The van der Waals surface area contributed by atoms with Gasteiger partial charge in [0.15, 0.2) is 0 Å². The van der Waals surface area contributed by atoms with Gasteiger partial charge in [0.2, 0.25) is 0 Å². The maximum Gasteiger partial charge on any atom is 0.267 e. The molecular weight excluding hydrogens is 284 g/mol. The molecule has 2 aliphatic heterocycles. The standard InChI is InChI=1S/C15H20N4O3/c20-14(18-19-15(21)13-7-4-8-22-13)12-9-11(16-17-12)10-5-2-1-3-6-10/h1-3,5-6,11-13,16-17H,4,7-9H2,(H,18,20)(H,19,21). The van der Waals surface area contributed by atoms with Crippen molar-refractivity contribution in [1.82, 2.24) is 21.7 Å². The summed E-state index contributed by atoms with van der Waals surface area (Å²) >= 11 is 0. The zero-order chi connectivity index (χ0) is 15.4. The Morgan fingerprint density at radius 3 is 2.59 bits per heavy atom. The summed E-state index contributed by atoms with van der Waals surface area (Å²) in [5, 5.41) is 0. The van der Waals surface area contributed by atoms with E-state index in [4.69, 9.17) is 4.74 Å². The van der Waals surface area contributed by atoms with Crippen molar-refractivity contribution in [2.45, 2.75) is 37.5 Å². The number of nitrogens with one attached hydrogen (secondary N) is 4. The number of amides is 2. The van der Waals surface area contributed by atoms with E-state index in [1.165, 1.54) is 0 Å². The summed E-state index contributed by atoms with van der Waals surface area (Å²) in [5.74, 6) is -0.561. The van der Waals surface area contributed by atoms with Gasteiger partial charge in [0.1, 0.15) is 12.1 Å². The molecule has 2 heterocycles. The summed E-state index contributed by atoms with van der Waals surface area (Å²) in [6.07, 6.45) is 1.73. The highest BCUT2D eigenvalue weighted by Gasteiger charge is 2.31. The van der Waals surface area contributed by atoms with Crippen molar-refractivity contribution in [1.29, 1.82) is 0 Å². The second kappa shape index (κ2) is 6.87. The molecule has 0 radical (unpaired) electrons. The summed E-state index contributed by atoms with van der Waals surface area (Å²) in [4.78, 5) is 23.8. The Kier molecular flexibility index (Phi) is 4.67. The first-order valence-electron chi connectivity index (χ1n) is 7.51. The molecule has 7 heteroatoms. The van der Waals surface area contributed by atoms with E-state index < -0.39 is 12.1 Å². The van der Waals surface area contributed by atoms with Gasteiger partial charge >= 0.3 is 0 Å². The fraction of sp³-hybridized carbons (Fsp3) is 0.467. The first kappa shape index (κ1) is 15.0. The van der Waals surface area contributed by atoms with Crippen molar-refractivity contribution in [2.75, 3.05) is 6.61 Å². The minimum absolute atomic E-state index is 0.0748. The Morgan fingerprint density at radius 1 is 1.09 bits per heavy atom. The molecule has 3 rings (SSSR count). The van der Waals surface area contributed by atoms with E-state index in [9.17, 15) is 9.59 Å². The fourth-order valence-corrected chi connectivity index (χ4v) is 2.71. The third-order valence-corrected chi connectivity index (χ3v) is 3.95. The number of hydrogen-bond acceptors (Lipinski definition) is 5. The van der Waals surface area contributed by atoms with Crippen molar-refractivity contribution in [3.05, 3.63) is 35.9 Å². The SMILES string of the molecule is O=C(NNC(=O)C1CCCO1)C1CC(c2ccccc2)NN1. The van der Waals surface area contributed by atoms with Crippen LogP contribution < -0.4 is 21.7 Å². The van der Waals surface area contributed by atoms with Gasteiger partial charge in [-0.3, -0.25) is 20.4 Å². The number of carbonyl (C=O) groups is 2. The molecule has 3 unspecified atom stereocenters. The predicted octanol–water partition coefficient (Wildman–Crippen LogP) is -0.0794. The zero-order valence-electron chi connectivity index (χ0n) is 12.2. The van der Waals surface area contributed by atoms with Crippen LogP contribution in [0.5, 0.6) is 0 Å². The Hall–Kier alpha value is -1.96. The number of ether oxygens (including phenoxy) is 1. The van der Waals surface area contributed by atoms with Crippen LogP contribution in [0, 0.1) is 0 Å². The molecule has 2 amide bonds. The van der Waals surface area contributed by atoms with Crippen LogP contribution in [0.2, 0.25) is 0 Å². The lowest BCUT2D eigenvalue weighted by Gasteiger charge is -2.14. The molecule has 0 saturated carbocycles. The monoisotopic (exact) mass is 304 g/mol. The van der Waals surface area contributed by atoms with Crippen LogP contribution >= 0.6 is 0 Å². The van der Waals surface area contributed by atoms with Gasteiger partial charge in [0, 0.05) is 12.6 Å². The van der Waals surface area contributed by atoms with Crippen molar-refractivity contribution in [2.24, 2.45) is 0 Å². The lowest BCUT2D eigenvalue weighted by atomic mass is 10.0. The predicted molar refractivity (Wildman–Crippen MR) is 79.1 cm³/mol. The van der Waals surface area contributed by atoms with Crippen LogP contribution in [0.3, 0.4) is 0 Å². The number of carbonyl (C=O) groups excluding carboxylic acids is 2. The van der Waals surface area contributed by atoms with Crippen molar-refractivity contribution in [3.8, 4) is 0 Å².